The topological polar surface area (TPSA) is 41.1 Å². The maximum absolute atomic E-state index is 11.9. The first-order chi connectivity index (χ1) is 10.1. The molecule has 0 radical (unpaired) electrons. The molecule has 0 fully saturated rings. The van der Waals surface area contributed by atoms with E-state index in [1.165, 1.54) is 11.1 Å². The molecule has 1 amide bonds. The van der Waals surface area contributed by atoms with Crippen LogP contribution in [0.2, 0.25) is 0 Å². The summed E-state index contributed by atoms with van der Waals surface area (Å²) in [5, 5.41) is 6.07. The van der Waals surface area contributed by atoms with E-state index in [4.69, 9.17) is 0 Å². The molecule has 0 saturated heterocycles. The van der Waals surface area contributed by atoms with Gasteiger partial charge in [-0.3, -0.25) is 4.79 Å². The van der Waals surface area contributed by atoms with E-state index in [0.29, 0.717) is 6.54 Å². The van der Waals surface area contributed by atoms with Crippen molar-refractivity contribution >= 4 is 11.6 Å². The lowest BCUT2D eigenvalue weighted by Gasteiger charge is -2.07. The molecule has 0 heterocycles. The number of carbonyl (C=O) groups is 1. The summed E-state index contributed by atoms with van der Waals surface area (Å²) in [6.45, 7) is 4.61. The average Bonchev–Trinajstić information content (AvgIpc) is 2.48. The van der Waals surface area contributed by atoms with E-state index in [-0.39, 0.29) is 5.91 Å². The zero-order valence-electron chi connectivity index (χ0n) is 12.4. The summed E-state index contributed by atoms with van der Waals surface area (Å²) >= 11 is 0. The number of hydrogen-bond acceptors (Lipinski definition) is 2. The lowest BCUT2D eigenvalue weighted by atomic mass is 10.2. The number of aryl methyl sites for hydroxylation is 1. The molecule has 0 aliphatic rings. The molecular formula is C18H20N2O. The van der Waals surface area contributed by atoms with E-state index in [9.17, 15) is 4.79 Å². The predicted octanol–water partition coefficient (Wildman–Crippen LogP) is 3.63. The molecule has 0 bridgehead atoms. The average molecular weight is 280 g/mol. The number of allylic oxidation sites excluding steroid dienone is 1. The largest absolute Gasteiger partial charge is 0.384 e. The van der Waals surface area contributed by atoms with E-state index in [1.807, 2.05) is 68.4 Å². The van der Waals surface area contributed by atoms with E-state index in [2.05, 4.69) is 10.6 Å². The van der Waals surface area contributed by atoms with Gasteiger partial charge in [-0.15, -0.1) is 0 Å². The summed E-state index contributed by atoms with van der Waals surface area (Å²) < 4.78 is 0. The number of carbonyl (C=O) groups excluding carboxylic acids is 1. The number of amides is 1. The fourth-order valence-corrected chi connectivity index (χ4v) is 1.90. The molecule has 3 nitrogen and oxygen atoms in total. The minimum absolute atomic E-state index is 0.128. The van der Waals surface area contributed by atoms with Crippen LogP contribution >= 0.6 is 0 Å². The first-order valence-electron chi connectivity index (χ1n) is 6.97. The van der Waals surface area contributed by atoms with Gasteiger partial charge in [0.15, 0.2) is 0 Å². The highest BCUT2D eigenvalue weighted by Gasteiger charge is 2.00. The third-order valence-corrected chi connectivity index (χ3v) is 3.08. The van der Waals surface area contributed by atoms with Crippen LogP contribution in [0.15, 0.2) is 66.4 Å². The van der Waals surface area contributed by atoms with Crippen LogP contribution in [0.3, 0.4) is 0 Å². The fourth-order valence-electron chi connectivity index (χ4n) is 1.90. The van der Waals surface area contributed by atoms with Gasteiger partial charge in [0.1, 0.15) is 0 Å². The van der Waals surface area contributed by atoms with Gasteiger partial charge in [-0.1, -0.05) is 48.0 Å². The Morgan fingerprint density at radius 3 is 2.38 bits per heavy atom. The Balaban J connectivity index is 1.86. The lowest BCUT2D eigenvalue weighted by Crippen LogP contribution is -2.15. The minimum Gasteiger partial charge on any atom is -0.384 e. The third kappa shape index (κ3) is 5.15. The Kier molecular flexibility index (Phi) is 5.16. The molecule has 2 aromatic carbocycles. The molecule has 0 saturated carbocycles. The number of hydrogen-bond donors (Lipinski definition) is 2. The monoisotopic (exact) mass is 280 g/mol. The Labute approximate surface area is 125 Å². The van der Waals surface area contributed by atoms with Crippen molar-refractivity contribution in [2.75, 3.05) is 5.32 Å². The zero-order valence-corrected chi connectivity index (χ0v) is 12.4. The molecule has 0 aliphatic heterocycles. The number of rotatable bonds is 5. The van der Waals surface area contributed by atoms with Gasteiger partial charge in [0.2, 0.25) is 5.91 Å². The normalized spacial score (nSPS) is 11.0. The highest BCUT2D eigenvalue weighted by molar-refractivity contribution is 5.99. The third-order valence-electron chi connectivity index (χ3n) is 3.08. The maximum atomic E-state index is 11.9. The van der Waals surface area contributed by atoms with Crippen LogP contribution in [0, 0.1) is 6.92 Å². The van der Waals surface area contributed by atoms with Crippen LogP contribution in [0.25, 0.3) is 0 Å². The molecule has 3 heteroatoms. The second-order valence-corrected chi connectivity index (χ2v) is 5.02. The standard InChI is InChI=1S/C18H20N2O/c1-14-8-10-17(11-9-14)20-18(21)12-15(2)19-13-16-6-4-3-5-7-16/h3-12,19H,13H2,1-2H3,(H,20,21)/b15-12+. The summed E-state index contributed by atoms with van der Waals surface area (Å²) in [6.07, 6.45) is 1.57. The van der Waals surface area contributed by atoms with Crippen LogP contribution in [0.1, 0.15) is 18.1 Å². The van der Waals surface area contributed by atoms with Crippen molar-refractivity contribution in [3.63, 3.8) is 0 Å². The molecule has 0 unspecified atom stereocenters. The Bertz CT molecular complexity index is 615. The van der Waals surface area contributed by atoms with Crippen molar-refractivity contribution < 1.29 is 4.79 Å². The van der Waals surface area contributed by atoms with Crippen molar-refractivity contribution in [2.24, 2.45) is 0 Å². The number of anilines is 1. The quantitative estimate of drug-likeness (QED) is 0.821. The molecule has 108 valence electrons. The van der Waals surface area contributed by atoms with Gasteiger partial charge in [-0.05, 0) is 31.5 Å². The first-order valence-corrected chi connectivity index (χ1v) is 6.97. The first kappa shape index (κ1) is 14.9. The Morgan fingerprint density at radius 1 is 1.05 bits per heavy atom. The molecular weight excluding hydrogens is 260 g/mol. The summed E-state index contributed by atoms with van der Waals surface area (Å²) in [5.41, 5.74) is 4.00. The van der Waals surface area contributed by atoms with Crippen molar-refractivity contribution in [2.45, 2.75) is 20.4 Å². The highest BCUT2D eigenvalue weighted by atomic mass is 16.1. The second-order valence-electron chi connectivity index (χ2n) is 5.02. The molecule has 2 N–H and O–H groups in total. The Morgan fingerprint density at radius 2 is 1.71 bits per heavy atom. The van der Waals surface area contributed by atoms with Crippen LogP contribution in [-0.4, -0.2) is 5.91 Å². The van der Waals surface area contributed by atoms with Crippen molar-refractivity contribution in [1.29, 1.82) is 0 Å². The van der Waals surface area contributed by atoms with E-state index < -0.39 is 0 Å². The van der Waals surface area contributed by atoms with Crippen LogP contribution in [0.4, 0.5) is 5.69 Å². The maximum Gasteiger partial charge on any atom is 0.250 e. The number of benzene rings is 2. The fraction of sp³-hybridized carbons (Fsp3) is 0.167. The number of nitrogens with one attached hydrogen (secondary N) is 2. The van der Waals surface area contributed by atoms with Crippen LogP contribution in [-0.2, 0) is 11.3 Å². The summed E-state index contributed by atoms with van der Waals surface area (Å²) in [7, 11) is 0. The minimum atomic E-state index is -0.128. The zero-order chi connectivity index (χ0) is 15.1. The highest BCUT2D eigenvalue weighted by Crippen LogP contribution is 2.08. The lowest BCUT2D eigenvalue weighted by molar-refractivity contribution is -0.112. The van der Waals surface area contributed by atoms with E-state index in [0.717, 1.165) is 11.4 Å². The van der Waals surface area contributed by atoms with Gasteiger partial charge >= 0.3 is 0 Å². The van der Waals surface area contributed by atoms with Gasteiger partial charge in [-0.2, -0.15) is 0 Å². The van der Waals surface area contributed by atoms with Gasteiger partial charge in [0.05, 0.1) is 0 Å². The van der Waals surface area contributed by atoms with Crippen LogP contribution < -0.4 is 10.6 Å². The molecule has 0 aliphatic carbocycles. The van der Waals surface area contributed by atoms with Crippen LogP contribution in [0.5, 0.6) is 0 Å². The SMILES string of the molecule is C/C(=C\C(=O)Nc1ccc(C)cc1)NCc1ccccc1. The summed E-state index contributed by atoms with van der Waals surface area (Å²) in [6, 6.07) is 17.8. The van der Waals surface area contributed by atoms with Crippen molar-refractivity contribution in [3.8, 4) is 0 Å². The molecule has 2 rings (SSSR count). The van der Waals surface area contributed by atoms with Crippen molar-refractivity contribution in [1.82, 2.24) is 5.32 Å². The summed E-state index contributed by atoms with van der Waals surface area (Å²) in [4.78, 5) is 11.9. The van der Waals surface area contributed by atoms with Crippen molar-refractivity contribution in [3.05, 3.63) is 77.5 Å². The molecule has 0 spiro atoms. The molecule has 0 atom stereocenters. The molecule has 0 aromatic heterocycles. The van der Waals surface area contributed by atoms with E-state index in [1.54, 1.807) is 6.08 Å². The second kappa shape index (κ2) is 7.29. The molecule has 21 heavy (non-hydrogen) atoms. The van der Waals surface area contributed by atoms with E-state index >= 15 is 0 Å². The van der Waals surface area contributed by atoms with Gasteiger partial charge < -0.3 is 10.6 Å². The smallest absolute Gasteiger partial charge is 0.250 e. The van der Waals surface area contributed by atoms with Gasteiger partial charge in [-0.25, -0.2) is 0 Å². The predicted molar refractivity (Wildman–Crippen MR) is 86.8 cm³/mol. The van der Waals surface area contributed by atoms with Gasteiger partial charge in [0.25, 0.3) is 0 Å². The molecule has 2 aromatic rings. The Hall–Kier alpha value is -2.55. The van der Waals surface area contributed by atoms with Gasteiger partial charge in [0, 0.05) is 24.0 Å². The summed E-state index contributed by atoms with van der Waals surface area (Å²) in [5.74, 6) is -0.128.